The second kappa shape index (κ2) is 11.5. The maximum Gasteiger partial charge on any atom is 0.407 e. The molecule has 1 aliphatic heterocycles. The van der Waals surface area contributed by atoms with Gasteiger partial charge in [0, 0.05) is 37.3 Å². The number of hydrogen-bond acceptors (Lipinski definition) is 6. The lowest BCUT2D eigenvalue weighted by atomic mass is 9.86. The molecule has 3 heterocycles. The number of anilines is 1. The van der Waals surface area contributed by atoms with E-state index in [0.717, 1.165) is 24.4 Å². The van der Waals surface area contributed by atoms with Crippen LogP contribution in [-0.2, 0) is 4.79 Å². The Labute approximate surface area is 228 Å². The van der Waals surface area contributed by atoms with Gasteiger partial charge in [-0.05, 0) is 42.8 Å². The Hall–Kier alpha value is -3.98. The number of nitrogens with one attached hydrogen (secondary N) is 2. The number of nitrogens with two attached hydrogens (primary N) is 1. The zero-order valence-corrected chi connectivity index (χ0v) is 21.3. The van der Waals surface area contributed by atoms with E-state index in [1.165, 1.54) is 30.2 Å². The molecule has 1 aliphatic rings. The van der Waals surface area contributed by atoms with Gasteiger partial charge in [-0.15, -0.1) is 0 Å². The molecule has 4 rings (SSSR count). The fourth-order valence-electron chi connectivity index (χ4n) is 4.35. The van der Waals surface area contributed by atoms with E-state index >= 15 is 0 Å². The Morgan fingerprint density at radius 1 is 1.22 bits per heavy atom. The molecule has 15 heteroatoms. The van der Waals surface area contributed by atoms with Crippen LogP contribution < -0.4 is 21.3 Å². The summed E-state index contributed by atoms with van der Waals surface area (Å²) in [6, 6.07) is 2.57. The summed E-state index contributed by atoms with van der Waals surface area (Å²) in [5.74, 6) is -7.38. The van der Waals surface area contributed by atoms with Gasteiger partial charge >= 0.3 is 6.18 Å². The minimum Gasteiger partial charge on any atom is -0.453 e. The largest absolute Gasteiger partial charge is 0.453 e. The van der Waals surface area contributed by atoms with E-state index in [0.29, 0.717) is 6.07 Å². The Morgan fingerprint density at radius 3 is 2.59 bits per heavy atom. The molecule has 1 fully saturated rings. The van der Waals surface area contributed by atoms with Gasteiger partial charge in [-0.1, -0.05) is 0 Å². The van der Waals surface area contributed by atoms with E-state index in [-0.39, 0.29) is 29.4 Å². The van der Waals surface area contributed by atoms with Crippen molar-refractivity contribution < 1.29 is 40.3 Å². The lowest BCUT2D eigenvalue weighted by molar-refractivity contribution is -0.149. The molecule has 0 radical (unpaired) electrons. The highest BCUT2D eigenvalue weighted by atomic mass is 19.4. The standard InChI is InChI=1S/C26H24F7N5O3/c1-13(23(39)37-21-5-3-16(11-35-21)41-20-4-2-15(27)9-19(20)28)38-7-6-25(29,30)18(12-38)14-8-17(24(40)36-10-14)22(34)26(31,32)33/h2-5,8-11,13,18,22H,6-7,12,34H2,1H3,(H,36,40)(H,35,37,39)/t13?,18?,22-/m0/s1. The van der Waals surface area contributed by atoms with E-state index in [2.05, 4.69) is 15.3 Å². The normalized spacial score (nSPS) is 18.9. The number of halogens is 7. The fourth-order valence-corrected chi connectivity index (χ4v) is 4.35. The van der Waals surface area contributed by atoms with E-state index < -0.39 is 71.7 Å². The Morgan fingerprint density at radius 2 is 1.95 bits per heavy atom. The highest BCUT2D eigenvalue weighted by molar-refractivity contribution is 5.93. The first-order chi connectivity index (χ1) is 19.2. The third-order valence-corrected chi connectivity index (χ3v) is 6.74. The Kier molecular flexibility index (Phi) is 8.40. The van der Waals surface area contributed by atoms with Crippen molar-refractivity contribution in [1.82, 2.24) is 14.9 Å². The predicted octanol–water partition coefficient (Wildman–Crippen LogP) is 4.85. The van der Waals surface area contributed by atoms with Crippen LogP contribution in [0.3, 0.4) is 0 Å². The number of aromatic nitrogens is 2. The summed E-state index contributed by atoms with van der Waals surface area (Å²) in [5.41, 5.74) is 2.86. The first kappa shape index (κ1) is 30.0. The minimum atomic E-state index is -4.96. The van der Waals surface area contributed by atoms with Crippen molar-refractivity contribution in [2.24, 2.45) is 5.73 Å². The van der Waals surface area contributed by atoms with Crippen LogP contribution in [0.25, 0.3) is 0 Å². The minimum absolute atomic E-state index is 0.0686. The van der Waals surface area contributed by atoms with Crippen molar-refractivity contribution in [2.75, 3.05) is 18.4 Å². The molecule has 0 saturated carbocycles. The number of aromatic amines is 1. The van der Waals surface area contributed by atoms with Crippen molar-refractivity contribution in [3.8, 4) is 11.5 Å². The van der Waals surface area contributed by atoms with Gasteiger partial charge in [0.15, 0.2) is 11.6 Å². The van der Waals surface area contributed by atoms with Crippen LogP contribution in [0.4, 0.5) is 36.6 Å². The van der Waals surface area contributed by atoms with Crippen molar-refractivity contribution in [3.63, 3.8) is 0 Å². The fraction of sp³-hybridized carbons (Fsp3) is 0.346. The molecule has 0 spiro atoms. The molecule has 2 unspecified atom stereocenters. The molecule has 3 atom stereocenters. The molecule has 1 amide bonds. The second-order valence-electron chi connectivity index (χ2n) is 9.52. The van der Waals surface area contributed by atoms with Crippen molar-refractivity contribution >= 4 is 11.7 Å². The van der Waals surface area contributed by atoms with Gasteiger partial charge in [0.1, 0.15) is 23.4 Å². The van der Waals surface area contributed by atoms with Crippen molar-refractivity contribution in [2.45, 2.75) is 43.4 Å². The molecular formula is C26H24F7N5O3. The molecule has 0 aliphatic carbocycles. The summed E-state index contributed by atoms with van der Waals surface area (Å²) in [4.78, 5) is 32.3. The summed E-state index contributed by atoms with van der Waals surface area (Å²) in [7, 11) is 0. The van der Waals surface area contributed by atoms with Gasteiger partial charge in [-0.3, -0.25) is 14.5 Å². The average Bonchev–Trinajstić information content (AvgIpc) is 2.90. The molecule has 4 N–H and O–H groups in total. The molecule has 8 nitrogen and oxygen atoms in total. The smallest absolute Gasteiger partial charge is 0.407 e. The van der Waals surface area contributed by atoms with Crippen LogP contribution in [0.15, 0.2) is 53.6 Å². The maximum atomic E-state index is 14.9. The lowest BCUT2D eigenvalue weighted by Gasteiger charge is -2.40. The number of pyridine rings is 2. The number of carbonyl (C=O) groups is 1. The van der Waals surface area contributed by atoms with E-state index in [1.54, 1.807) is 0 Å². The number of benzene rings is 1. The second-order valence-corrected chi connectivity index (χ2v) is 9.52. The summed E-state index contributed by atoms with van der Waals surface area (Å²) < 4.78 is 101. The summed E-state index contributed by atoms with van der Waals surface area (Å²) >= 11 is 0. The molecule has 3 aromatic rings. The van der Waals surface area contributed by atoms with Crippen molar-refractivity contribution in [3.05, 3.63) is 81.9 Å². The first-order valence-corrected chi connectivity index (χ1v) is 12.2. The van der Waals surface area contributed by atoms with Crippen LogP contribution in [-0.4, -0.2) is 52.0 Å². The van der Waals surface area contributed by atoms with Gasteiger partial charge < -0.3 is 20.8 Å². The van der Waals surface area contributed by atoms with Gasteiger partial charge in [-0.25, -0.2) is 22.5 Å². The lowest BCUT2D eigenvalue weighted by Crippen LogP contribution is -2.52. The average molecular weight is 587 g/mol. The Bertz CT molecular complexity index is 1460. The number of rotatable bonds is 7. The highest BCUT2D eigenvalue weighted by Crippen LogP contribution is 2.41. The number of likely N-dealkylation sites (tertiary alicyclic amines) is 1. The number of amides is 1. The van der Waals surface area contributed by atoms with Gasteiger partial charge in [0.25, 0.3) is 11.5 Å². The summed E-state index contributed by atoms with van der Waals surface area (Å²) in [5, 5.41) is 2.52. The molecule has 41 heavy (non-hydrogen) atoms. The van der Waals surface area contributed by atoms with E-state index in [9.17, 15) is 40.3 Å². The number of hydrogen-bond donors (Lipinski definition) is 3. The first-order valence-electron chi connectivity index (χ1n) is 12.2. The molecular weight excluding hydrogens is 563 g/mol. The van der Waals surface area contributed by atoms with Gasteiger partial charge in [0.05, 0.1) is 18.2 Å². The van der Waals surface area contributed by atoms with Gasteiger partial charge in [0.2, 0.25) is 5.91 Å². The molecule has 1 saturated heterocycles. The Balaban J connectivity index is 1.45. The SMILES string of the molecule is CC(C(=O)Nc1ccc(Oc2ccc(F)cc2F)cn1)N1CCC(F)(F)C(c2c[nH]c(=O)c([C@H](N)C(F)(F)F)c2)C1. The van der Waals surface area contributed by atoms with Crippen LogP contribution >= 0.6 is 0 Å². The maximum absolute atomic E-state index is 14.9. The number of H-pyrrole nitrogens is 1. The number of piperidine rings is 1. The zero-order chi connectivity index (χ0) is 30.1. The number of nitrogens with zero attached hydrogens (tertiary/aromatic N) is 2. The summed E-state index contributed by atoms with van der Waals surface area (Å²) in [6.07, 6.45) is -3.55. The number of carbonyl (C=O) groups excluding carboxylic acids is 1. The zero-order valence-electron chi connectivity index (χ0n) is 21.3. The third-order valence-electron chi connectivity index (χ3n) is 6.74. The predicted molar refractivity (Wildman–Crippen MR) is 133 cm³/mol. The molecule has 1 aromatic carbocycles. The number of alkyl halides is 5. The van der Waals surface area contributed by atoms with Crippen molar-refractivity contribution in [1.29, 1.82) is 0 Å². The van der Waals surface area contributed by atoms with Gasteiger partial charge in [-0.2, -0.15) is 13.2 Å². The molecule has 2 aromatic heterocycles. The van der Waals surface area contributed by atoms with Crippen LogP contribution in [0.1, 0.15) is 36.4 Å². The van der Waals surface area contributed by atoms with E-state index in [1.807, 2.05) is 0 Å². The quantitative estimate of drug-likeness (QED) is 0.341. The highest BCUT2D eigenvalue weighted by Gasteiger charge is 2.47. The van der Waals surface area contributed by atoms with Crippen LogP contribution in [0, 0.1) is 11.6 Å². The van der Waals surface area contributed by atoms with Crippen LogP contribution in [0.2, 0.25) is 0 Å². The molecule has 220 valence electrons. The third kappa shape index (κ3) is 6.85. The summed E-state index contributed by atoms with van der Waals surface area (Å²) in [6.45, 7) is 0.861. The molecule has 0 bridgehead atoms. The van der Waals surface area contributed by atoms with Crippen LogP contribution in [0.5, 0.6) is 11.5 Å². The monoisotopic (exact) mass is 587 g/mol. The topological polar surface area (TPSA) is 113 Å². The van der Waals surface area contributed by atoms with E-state index in [4.69, 9.17) is 10.5 Å². The number of ether oxygens (including phenoxy) is 1.